The van der Waals surface area contributed by atoms with Crippen molar-refractivity contribution in [2.24, 2.45) is 0 Å². The van der Waals surface area contributed by atoms with Gasteiger partial charge in [-0.05, 0) is 25.5 Å². The number of nitrogens with zero attached hydrogens (tertiary/aromatic N) is 3. The molecule has 0 amide bonds. The number of aliphatic hydroxyl groups excluding tert-OH is 1. The van der Waals surface area contributed by atoms with Gasteiger partial charge in [0, 0.05) is 43.6 Å². The van der Waals surface area contributed by atoms with Gasteiger partial charge in [-0.1, -0.05) is 0 Å². The van der Waals surface area contributed by atoms with Crippen LogP contribution in [0.4, 0.5) is 5.95 Å². The molecule has 2 aromatic heterocycles. The van der Waals surface area contributed by atoms with E-state index in [0.29, 0.717) is 18.7 Å². The van der Waals surface area contributed by atoms with Crippen molar-refractivity contribution < 1.29 is 14.3 Å². The predicted molar refractivity (Wildman–Crippen MR) is 89.7 cm³/mol. The second kappa shape index (κ2) is 8.23. The lowest BCUT2D eigenvalue weighted by atomic mass is 10.1. The summed E-state index contributed by atoms with van der Waals surface area (Å²) >= 11 is 0. The van der Waals surface area contributed by atoms with Crippen molar-refractivity contribution in [3.63, 3.8) is 0 Å². The van der Waals surface area contributed by atoms with Crippen LogP contribution in [-0.2, 0) is 11.3 Å². The summed E-state index contributed by atoms with van der Waals surface area (Å²) in [6.45, 7) is 5.81. The van der Waals surface area contributed by atoms with Gasteiger partial charge in [-0.25, -0.2) is 9.97 Å². The van der Waals surface area contributed by atoms with E-state index in [1.54, 1.807) is 18.4 Å². The maximum absolute atomic E-state index is 10.1. The van der Waals surface area contributed by atoms with Crippen LogP contribution in [0.5, 0.6) is 0 Å². The predicted octanol–water partition coefficient (Wildman–Crippen LogP) is 1.51. The first-order valence-corrected chi connectivity index (χ1v) is 8.31. The third kappa shape index (κ3) is 4.53. The van der Waals surface area contributed by atoms with Crippen LogP contribution >= 0.6 is 0 Å². The van der Waals surface area contributed by atoms with Crippen LogP contribution in [0, 0.1) is 0 Å². The monoisotopic (exact) mass is 332 g/mol. The number of morpholine rings is 1. The molecule has 0 radical (unpaired) electrons. The molecule has 1 aliphatic heterocycles. The zero-order valence-corrected chi connectivity index (χ0v) is 13.9. The Morgan fingerprint density at radius 2 is 2.04 bits per heavy atom. The molecule has 1 fully saturated rings. The van der Waals surface area contributed by atoms with E-state index in [9.17, 15) is 5.11 Å². The molecule has 0 spiro atoms. The molecule has 24 heavy (non-hydrogen) atoms. The average Bonchev–Trinajstić information content (AvgIpc) is 3.16. The number of rotatable bonds is 7. The Hall–Kier alpha value is -1.96. The molecule has 2 N–H and O–H groups in total. The molecule has 0 aliphatic carbocycles. The molecule has 2 atom stereocenters. The van der Waals surface area contributed by atoms with Gasteiger partial charge < -0.3 is 24.5 Å². The Morgan fingerprint density at radius 3 is 2.71 bits per heavy atom. The van der Waals surface area contributed by atoms with E-state index >= 15 is 0 Å². The second-order valence-corrected chi connectivity index (χ2v) is 6.04. The molecule has 3 rings (SSSR count). The topological polar surface area (TPSA) is 83.7 Å². The normalized spacial score (nSPS) is 17.7. The van der Waals surface area contributed by atoms with Crippen molar-refractivity contribution in [2.45, 2.75) is 32.0 Å². The number of aliphatic hydroxyl groups is 1. The molecular weight excluding hydrogens is 308 g/mol. The van der Waals surface area contributed by atoms with Crippen molar-refractivity contribution in [1.29, 1.82) is 0 Å². The summed E-state index contributed by atoms with van der Waals surface area (Å²) in [7, 11) is 0. The van der Waals surface area contributed by atoms with E-state index < -0.39 is 6.10 Å². The van der Waals surface area contributed by atoms with Crippen molar-refractivity contribution >= 4 is 5.95 Å². The van der Waals surface area contributed by atoms with Gasteiger partial charge in [-0.3, -0.25) is 0 Å². The molecule has 7 nitrogen and oxygen atoms in total. The van der Waals surface area contributed by atoms with Gasteiger partial charge >= 0.3 is 0 Å². The number of furan rings is 1. The average molecular weight is 332 g/mol. The van der Waals surface area contributed by atoms with E-state index in [1.165, 1.54) is 0 Å². The van der Waals surface area contributed by atoms with Crippen LogP contribution in [0.25, 0.3) is 0 Å². The van der Waals surface area contributed by atoms with Crippen molar-refractivity contribution in [3.8, 4) is 0 Å². The highest BCUT2D eigenvalue weighted by Crippen LogP contribution is 2.18. The Morgan fingerprint density at radius 1 is 1.29 bits per heavy atom. The molecule has 3 heterocycles. The summed E-state index contributed by atoms with van der Waals surface area (Å²) in [4.78, 5) is 11.0. The standard InChI is InChI=1S/C17H24N4O3/c1-13(9-15(22)16-3-2-6-24-16)18-10-14-11-19-17(20-12-14)21-4-7-23-8-5-21/h2-3,6,11-13,15,18,22H,4-5,7-10H2,1H3. The molecule has 0 saturated carbocycles. The SMILES string of the molecule is CC(CC(O)c1ccco1)NCc1cnc(N2CCOCC2)nc1. The quantitative estimate of drug-likeness (QED) is 0.795. The molecule has 1 saturated heterocycles. The van der Waals surface area contributed by atoms with E-state index in [2.05, 4.69) is 20.2 Å². The van der Waals surface area contributed by atoms with Crippen molar-refractivity contribution in [2.75, 3.05) is 31.2 Å². The third-order valence-corrected chi connectivity index (χ3v) is 4.09. The van der Waals surface area contributed by atoms with Crippen LogP contribution in [0.15, 0.2) is 35.2 Å². The third-order valence-electron chi connectivity index (χ3n) is 4.09. The van der Waals surface area contributed by atoms with Gasteiger partial charge in [0.15, 0.2) is 0 Å². The van der Waals surface area contributed by atoms with Crippen LogP contribution in [0.2, 0.25) is 0 Å². The summed E-state index contributed by atoms with van der Waals surface area (Å²) < 4.78 is 10.6. The Bertz CT molecular complexity index is 597. The summed E-state index contributed by atoms with van der Waals surface area (Å²) in [6.07, 6.45) is 5.26. The largest absolute Gasteiger partial charge is 0.467 e. The van der Waals surface area contributed by atoms with Crippen LogP contribution in [0.1, 0.15) is 30.8 Å². The Kier molecular flexibility index (Phi) is 5.79. The Labute approximate surface area is 141 Å². The maximum atomic E-state index is 10.1. The zero-order valence-electron chi connectivity index (χ0n) is 13.9. The first-order valence-electron chi connectivity index (χ1n) is 8.31. The lowest BCUT2D eigenvalue weighted by Crippen LogP contribution is -2.37. The van der Waals surface area contributed by atoms with Gasteiger partial charge in [0.05, 0.1) is 19.5 Å². The van der Waals surface area contributed by atoms with E-state index in [1.807, 2.05) is 19.3 Å². The minimum absolute atomic E-state index is 0.143. The van der Waals surface area contributed by atoms with Crippen LogP contribution in [0.3, 0.4) is 0 Å². The van der Waals surface area contributed by atoms with Crippen molar-refractivity contribution in [1.82, 2.24) is 15.3 Å². The first kappa shape index (κ1) is 16.9. The molecular formula is C17H24N4O3. The molecule has 1 aliphatic rings. The minimum atomic E-state index is -0.595. The number of ether oxygens (including phenoxy) is 1. The lowest BCUT2D eigenvalue weighted by molar-refractivity contribution is 0.122. The summed E-state index contributed by atoms with van der Waals surface area (Å²) in [5, 5.41) is 13.5. The molecule has 7 heteroatoms. The molecule has 2 aromatic rings. The molecule has 130 valence electrons. The highest BCUT2D eigenvalue weighted by Gasteiger charge is 2.15. The molecule has 0 bridgehead atoms. The van der Waals surface area contributed by atoms with Gasteiger partial charge in [0.2, 0.25) is 5.95 Å². The molecule has 0 aromatic carbocycles. The number of hydrogen-bond acceptors (Lipinski definition) is 7. The lowest BCUT2D eigenvalue weighted by Gasteiger charge is -2.26. The van der Waals surface area contributed by atoms with Gasteiger partial charge in [0.25, 0.3) is 0 Å². The van der Waals surface area contributed by atoms with E-state index in [4.69, 9.17) is 9.15 Å². The highest BCUT2D eigenvalue weighted by atomic mass is 16.5. The number of hydrogen-bond donors (Lipinski definition) is 2. The summed E-state index contributed by atoms with van der Waals surface area (Å²) in [5.41, 5.74) is 1.02. The smallest absolute Gasteiger partial charge is 0.225 e. The van der Waals surface area contributed by atoms with Crippen molar-refractivity contribution in [3.05, 3.63) is 42.1 Å². The minimum Gasteiger partial charge on any atom is -0.467 e. The maximum Gasteiger partial charge on any atom is 0.225 e. The number of anilines is 1. The number of nitrogens with one attached hydrogen (secondary N) is 1. The van der Waals surface area contributed by atoms with Gasteiger partial charge in [-0.2, -0.15) is 0 Å². The van der Waals surface area contributed by atoms with E-state index in [-0.39, 0.29) is 6.04 Å². The van der Waals surface area contributed by atoms with E-state index in [0.717, 1.165) is 37.8 Å². The van der Waals surface area contributed by atoms with Gasteiger partial charge in [-0.15, -0.1) is 0 Å². The van der Waals surface area contributed by atoms with Gasteiger partial charge in [0.1, 0.15) is 11.9 Å². The zero-order chi connectivity index (χ0) is 16.8. The fourth-order valence-corrected chi connectivity index (χ4v) is 2.67. The summed E-state index contributed by atoms with van der Waals surface area (Å²) in [6, 6.07) is 3.71. The van der Waals surface area contributed by atoms with Crippen LogP contribution in [-0.4, -0.2) is 47.4 Å². The number of aromatic nitrogens is 2. The fraction of sp³-hybridized carbons (Fsp3) is 0.529. The summed E-state index contributed by atoms with van der Waals surface area (Å²) in [5.74, 6) is 1.35. The Balaban J connectivity index is 1.45. The fourth-order valence-electron chi connectivity index (χ4n) is 2.67. The second-order valence-electron chi connectivity index (χ2n) is 6.04. The molecule has 2 unspecified atom stereocenters. The van der Waals surface area contributed by atoms with Crippen LogP contribution < -0.4 is 10.2 Å². The highest BCUT2D eigenvalue weighted by molar-refractivity contribution is 5.30. The first-order chi connectivity index (χ1) is 11.7.